The highest BCUT2D eigenvalue weighted by molar-refractivity contribution is 8.06. The van der Waals surface area contributed by atoms with Crippen LogP contribution in [0.15, 0.2) is 52.8 Å². The van der Waals surface area contributed by atoms with Gasteiger partial charge in [-0.2, -0.15) is 0 Å². The molecule has 27 heavy (non-hydrogen) atoms. The van der Waals surface area contributed by atoms with Crippen molar-refractivity contribution in [3.05, 3.63) is 80.3 Å². The average Bonchev–Trinajstić information content (AvgIpc) is 2.60. The first-order chi connectivity index (χ1) is 12.7. The summed E-state index contributed by atoms with van der Waals surface area (Å²) in [6.45, 7) is 9.69. The molecule has 0 aliphatic carbocycles. The van der Waals surface area contributed by atoms with Gasteiger partial charge in [0.05, 0.1) is 5.56 Å². The number of carbonyl (C=O) groups excluding carboxylic acids is 1. The Hall–Kier alpha value is -2.24. The number of rotatable bonds is 7. The minimum absolute atomic E-state index is 0.0211. The van der Waals surface area contributed by atoms with E-state index in [4.69, 9.17) is 22.1 Å². The van der Waals surface area contributed by atoms with Gasteiger partial charge in [0, 0.05) is 9.93 Å². The third-order valence-electron chi connectivity index (χ3n) is 4.05. The summed E-state index contributed by atoms with van der Waals surface area (Å²) in [5.74, 6) is -1.59. The molecule has 142 valence electrons. The summed E-state index contributed by atoms with van der Waals surface area (Å²) in [6.07, 6.45) is 0. The van der Waals surface area contributed by atoms with E-state index in [0.29, 0.717) is 15.5 Å². The standard InChI is InChI=1S/C21H21ClFNO2S/c1-12-5-10-18(20(23)19(12)21(24)25)26-11-13(2)27-15(4)14(3)16-6-8-17(22)9-7-16/h5-10H,2,11H2,1,3-4H3,(H2,24,25). The predicted octanol–water partition coefficient (Wildman–Crippen LogP) is 5.96. The Morgan fingerprint density at radius 1 is 1.22 bits per heavy atom. The van der Waals surface area contributed by atoms with Gasteiger partial charge in [-0.1, -0.05) is 48.1 Å². The molecule has 0 spiro atoms. The molecule has 0 aliphatic rings. The molecule has 0 fully saturated rings. The summed E-state index contributed by atoms with van der Waals surface area (Å²) in [5, 5.41) is 0.685. The summed E-state index contributed by atoms with van der Waals surface area (Å²) in [7, 11) is 0. The van der Waals surface area contributed by atoms with Crippen molar-refractivity contribution in [1.29, 1.82) is 0 Å². The lowest BCUT2D eigenvalue weighted by atomic mass is 10.1. The molecule has 0 saturated carbocycles. The molecule has 0 unspecified atom stereocenters. The second kappa shape index (κ2) is 9.11. The number of carbonyl (C=O) groups is 1. The van der Waals surface area contributed by atoms with E-state index in [1.54, 1.807) is 13.0 Å². The van der Waals surface area contributed by atoms with Crippen molar-refractivity contribution >= 4 is 34.8 Å². The zero-order chi connectivity index (χ0) is 20.1. The van der Waals surface area contributed by atoms with Crippen molar-refractivity contribution in [3.63, 3.8) is 0 Å². The van der Waals surface area contributed by atoms with Gasteiger partial charge in [-0.3, -0.25) is 4.79 Å². The highest BCUT2D eigenvalue weighted by Gasteiger charge is 2.17. The van der Waals surface area contributed by atoms with Gasteiger partial charge in [-0.15, -0.1) is 0 Å². The van der Waals surface area contributed by atoms with Gasteiger partial charge in [0.25, 0.3) is 5.91 Å². The lowest BCUT2D eigenvalue weighted by molar-refractivity contribution is 0.0995. The van der Waals surface area contributed by atoms with Crippen LogP contribution in [0.3, 0.4) is 0 Å². The van der Waals surface area contributed by atoms with E-state index in [2.05, 4.69) is 6.58 Å². The maximum absolute atomic E-state index is 14.4. The van der Waals surface area contributed by atoms with Crippen LogP contribution >= 0.6 is 23.4 Å². The molecule has 2 aromatic rings. The van der Waals surface area contributed by atoms with Crippen molar-refractivity contribution in [3.8, 4) is 5.75 Å². The molecule has 2 N–H and O–H groups in total. The van der Waals surface area contributed by atoms with Crippen LogP contribution in [0.1, 0.15) is 35.3 Å². The highest BCUT2D eigenvalue weighted by atomic mass is 35.5. The fraction of sp³-hybridized carbons (Fsp3) is 0.190. The summed E-state index contributed by atoms with van der Waals surface area (Å²) >= 11 is 7.38. The van der Waals surface area contributed by atoms with Crippen LogP contribution in [0, 0.1) is 12.7 Å². The van der Waals surface area contributed by atoms with E-state index in [1.165, 1.54) is 17.8 Å². The zero-order valence-electron chi connectivity index (χ0n) is 15.4. The lowest BCUT2D eigenvalue weighted by Crippen LogP contribution is -2.16. The Bertz CT molecular complexity index is 907. The Morgan fingerprint density at radius 3 is 2.44 bits per heavy atom. The van der Waals surface area contributed by atoms with E-state index >= 15 is 0 Å². The second-order valence-corrected chi connectivity index (χ2v) is 7.88. The molecule has 1 amide bonds. The Labute approximate surface area is 168 Å². The number of ether oxygens (including phenoxy) is 1. The number of nitrogens with two attached hydrogens (primary N) is 1. The monoisotopic (exact) mass is 405 g/mol. The number of halogens is 2. The molecule has 0 saturated heterocycles. The van der Waals surface area contributed by atoms with E-state index in [0.717, 1.165) is 16.0 Å². The molecule has 0 aliphatic heterocycles. The Morgan fingerprint density at radius 2 is 1.85 bits per heavy atom. The van der Waals surface area contributed by atoms with Gasteiger partial charge in [-0.25, -0.2) is 4.39 Å². The first-order valence-corrected chi connectivity index (χ1v) is 9.41. The number of thioether (sulfide) groups is 1. The zero-order valence-corrected chi connectivity index (χ0v) is 17.0. The Kier molecular flexibility index (Phi) is 7.11. The molecule has 0 aromatic heterocycles. The second-order valence-electron chi connectivity index (χ2n) is 6.05. The average molecular weight is 406 g/mol. The normalized spacial score (nSPS) is 11.7. The van der Waals surface area contributed by atoms with Crippen molar-refractivity contribution in [1.82, 2.24) is 0 Å². The quantitative estimate of drug-likeness (QED) is 0.618. The Balaban J connectivity index is 2.06. The fourth-order valence-corrected chi connectivity index (χ4v) is 3.40. The molecule has 0 radical (unpaired) electrons. The van der Waals surface area contributed by atoms with Crippen LogP contribution < -0.4 is 10.5 Å². The third-order valence-corrected chi connectivity index (χ3v) is 5.32. The van der Waals surface area contributed by atoms with E-state index in [1.807, 2.05) is 38.1 Å². The molecular weight excluding hydrogens is 385 g/mol. The van der Waals surface area contributed by atoms with Crippen molar-refractivity contribution in [2.75, 3.05) is 6.61 Å². The molecule has 0 heterocycles. The molecule has 0 bridgehead atoms. The van der Waals surface area contributed by atoms with Crippen LogP contribution in [0.25, 0.3) is 5.57 Å². The van der Waals surface area contributed by atoms with Crippen LogP contribution in [-0.2, 0) is 0 Å². The molecule has 2 aromatic carbocycles. The van der Waals surface area contributed by atoms with Crippen molar-refractivity contribution in [2.24, 2.45) is 5.73 Å². The number of amides is 1. The topological polar surface area (TPSA) is 52.3 Å². The summed E-state index contributed by atoms with van der Waals surface area (Å²) in [6, 6.07) is 10.7. The van der Waals surface area contributed by atoms with Gasteiger partial charge in [-0.05, 0) is 60.6 Å². The summed E-state index contributed by atoms with van der Waals surface area (Å²) < 4.78 is 19.9. The molecule has 2 rings (SSSR count). The minimum atomic E-state index is -0.819. The van der Waals surface area contributed by atoms with Gasteiger partial charge >= 0.3 is 0 Å². The number of allylic oxidation sites excluding steroid dienone is 2. The number of primary amides is 1. The van der Waals surface area contributed by atoms with Gasteiger partial charge in [0.15, 0.2) is 11.6 Å². The van der Waals surface area contributed by atoms with Gasteiger partial charge in [0.1, 0.15) is 6.61 Å². The van der Waals surface area contributed by atoms with Gasteiger partial charge < -0.3 is 10.5 Å². The smallest absolute Gasteiger partial charge is 0.252 e. The third kappa shape index (κ3) is 5.37. The largest absolute Gasteiger partial charge is 0.485 e. The summed E-state index contributed by atoms with van der Waals surface area (Å²) in [5.41, 5.74) is 7.71. The maximum Gasteiger partial charge on any atom is 0.252 e. The van der Waals surface area contributed by atoms with Crippen molar-refractivity contribution in [2.45, 2.75) is 20.8 Å². The molecule has 3 nitrogen and oxygen atoms in total. The predicted molar refractivity (Wildman–Crippen MR) is 112 cm³/mol. The van der Waals surface area contributed by atoms with Crippen LogP contribution in [0.5, 0.6) is 5.75 Å². The molecule has 6 heteroatoms. The first kappa shape index (κ1) is 21.1. The van der Waals surface area contributed by atoms with Crippen LogP contribution in [0.2, 0.25) is 5.02 Å². The summed E-state index contributed by atoms with van der Waals surface area (Å²) in [4.78, 5) is 13.2. The van der Waals surface area contributed by atoms with Crippen LogP contribution in [0.4, 0.5) is 4.39 Å². The number of hydrogen-bond acceptors (Lipinski definition) is 3. The van der Waals surface area contributed by atoms with Gasteiger partial charge in [0.2, 0.25) is 0 Å². The molecule has 0 atom stereocenters. The van der Waals surface area contributed by atoms with E-state index in [9.17, 15) is 9.18 Å². The fourth-order valence-electron chi connectivity index (χ4n) is 2.45. The number of benzene rings is 2. The highest BCUT2D eigenvalue weighted by Crippen LogP contribution is 2.32. The van der Waals surface area contributed by atoms with E-state index in [-0.39, 0.29) is 17.9 Å². The van der Waals surface area contributed by atoms with Crippen LogP contribution in [-0.4, -0.2) is 12.5 Å². The lowest BCUT2D eigenvalue weighted by Gasteiger charge is -2.13. The number of aryl methyl sites for hydroxylation is 1. The van der Waals surface area contributed by atoms with Crippen molar-refractivity contribution < 1.29 is 13.9 Å². The maximum atomic E-state index is 14.4. The SMILES string of the molecule is C=C(COc1ccc(C)c(C(N)=O)c1F)SC(C)=C(C)c1ccc(Cl)cc1. The first-order valence-electron chi connectivity index (χ1n) is 8.21. The van der Waals surface area contributed by atoms with E-state index < -0.39 is 11.7 Å². The minimum Gasteiger partial charge on any atom is -0.485 e. The molecular formula is C21H21ClFNO2S. The number of hydrogen-bond donors (Lipinski definition) is 1.